The molecule has 0 saturated carbocycles. The number of aliphatic hydroxyl groups is 1. The van der Waals surface area contributed by atoms with Crippen LogP contribution in [0.1, 0.15) is 63.1 Å². The first-order valence-electron chi connectivity index (χ1n) is 42.2. The number of carbonyl (C=O) groups is 4. The lowest BCUT2D eigenvalue weighted by atomic mass is 10.0. The van der Waals surface area contributed by atoms with Gasteiger partial charge in [-0.05, 0) is 190 Å². The number of nitrogens with zero attached hydrogens (tertiary/aromatic N) is 8. The van der Waals surface area contributed by atoms with Crippen LogP contribution in [0.2, 0.25) is 65.3 Å². The average Bonchev–Trinajstić information content (AvgIpc) is 0.921. The summed E-state index contributed by atoms with van der Waals surface area (Å²) in [7, 11) is 0. The van der Waals surface area contributed by atoms with Crippen molar-refractivity contribution in [3.63, 3.8) is 0 Å². The van der Waals surface area contributed by atoms with Gasteiger partial charge in [0.05, 0.1) is 79.3 Å². The molecule has 18 rings (SSSR count). The molecule has 32 heteroatoms. The predicted octanol–water partition coefficient (Wildman–Crippen LogP) is 27.4. The number of halogens is 13. The summed E-state index contributed by atoms with van der Waals surface area (Å²) in [4.78, 5) is 68.5. The molecule has 19 nitrogen and oxygen atoms in total. The number of fused-ring (bicyclic) bond motifs is 2. The molecule has 5 N–H and O–H groups in total. The van der Waals surface area contributed by atoms with Gasteiger partial charge < -0.3 is 75.0 Å². The van der Waals surface area contributed by atoms with Crippen LogP contribution in [0, 0.1) is 0 Å². The van der Waals surface area contributed by atoms with E-state index in [4.69, 9.17) is 160 Å². The first-order chi connectivity index (χ1) is 63.8. The van der Waals surface area contributed by atoms with Gasteiger partial charge in [0.2, 0.25) is 6.79 Å². The monoisotopic (exact) mass is 2020 g/mol. The fourth-order valence-electron chi connectivity index (χ4n) is 16.4. The Hall–Kier alpha value is -10.3. The molecule has 8 amide bonds. The van der Waals surface area contributed by atoms with Crippen molar-refractivity contribution >= 4 is 220 Å². The average molecular weight is 2030 g/mol. The van der Waals surface area contributed by atoms with Crippen molar-refractivity contribution in [1.29, 1.82) is 0 Å². The Morgan fingerprint density at radius 1 is 0.311 bits per heavy atom. The zero-order valence-electron chi connectivity index (χ0n) is 70.6. The van der Waals surface area contributed by atoms with Crippen molar-refractivity contribution in [2.75, 3.05) is 116 Å². The van der Waals surface area contributed by atoms with Crippen molar-refractivity contribution in [2.45, 2.75) is 43.9 Å². The van der Waals surface area contributed by atoms with Gasteiger partial charge in [-0.1, -0.05) is 278 Å². The highest BCUT2D eigenvalue weighted by molar-refractivity contribution is 6.39. The summed E-state index contributed by atoms with van der Waals surface area (Å²) in [5.74, 6) is 1.29. The van der Waals surface area contributed by atoms with Crippen molar-refractivity contribution in [1.82, 2.24) is 30.2 Å². The number of anilines is 6. The number of hydrogen-bond donors (Lipinski definition) is 5. The molecular weight excluding hydrogens is 1940 g/mol. The van der Waals surface area contributed by atoms with Crippen molar-refractivity contribution < 1.29 is 33.8 Å². The minimum atomic E-state index is -0.185. The van der Waals surface area contributed by atoms with Crippen LogP contribution in [-0.2, 0) is 19.7 Å². The number of carbonyl (C=O) groups excluding carboxylic acids is 4. The summed E-state index contributed by atoms with van der Waals surface area (Å²) in [6.07, 6.45) is 0. The topological polar surface area (TPSA) is 181 Å². The van der Waals surface area contributed by atoms with Crippen LogP contribution in [0.4, 0.5) is 53.3 Å². The number of hydrogen-bond acceptors (Lipinski definition) is 11. The van der Waals surface area contributed by atoms with Gasteiger partial charge >= 0.3 is 24.1 Å². The highest BCUT2D eigenvalue weighted by atomic mass is 35.5. The van der Waals surface area contributed by atoms with Crippen LogP contribution in [0.5, 0.6) is 11.5 Å². The first-order valence-corrected chi connectivity index (χ1v) is 47.1. The van der Waals surface area contributed by atoms with E-state index in [2.05, 4.69) is 40.9 Å². The SMILES string of the molecule is O=C(NCc1ccc(CO)cc1)N1CCN(c2ccc(Cl)cc2Cl)C(c2ccc(Cl)cc2)C1.O=C(NCc1ccccc1Cl)N1CCN(c2ccc(Cl)cc2Cl)C(c2ccc(Cl)cc2)C1.O=C(Nc1ccc2c(c1)OCO2)N1CCN(c2ccc(Cl)cc2Cl)C(c2ccc(Cl)cc2)C1.O=C(Nc1cccc2ccccc12)N1CCN(c2ccc(Cl)cc2Cl)C(c2ccc(Cl)cc2)C1. The van der Waals surface area contributed by atoms with Gasteiger partial charge in [0.1, 0.15) is 0 Å². The van der Waals surface area contributed by atoms with Crippen LogP contribution in [-0.4, -0.2) is 134 Å². The molecule has 0 aliphatic carbocycles. The quantitative estimate of drug-likeness (QED) is 0.0659. The number of nitrogens with one attached hydrogen (secondary N) is 4. The maximum Gasteiger partial charge on any atom is 0.322 e. The Morgan fingerprint density at radius 3 is 1.06 bits per heavy atom. The normalized spacial score (nSPS) is 16.4. The van der Waals surface area contributed by atoms with E-state index in [0.29, 0.717) is 174 Å². The zero-order chi connectivity index (χ0) is 92.6. The Morgan fingerprint density at radius 2 is 0.659 bits per heavy atom. The van der Waals surface area contributed by atoms with Crippen LogP contribution in [0.25, 0.3) is 10.8 Å². The fraction of sp³-hybridized carbons (Fsp3) is 0.200. The van der Waals surface area contributed by atoms with E-state index in [1.807, 2.05) is 251 Å². The van der Waals surface area contributed by atoms with Gasteiger partial charge in [-0.15, -0.1) is 0 Å². The van der Waals surface area contributed by atoms with Crippen LogP contribution < -0.4 is 50.3 Å². The second-order valence-corrected chi connectivity index (χ2v) is 37.1. The molecule has 132 heavy (non-hydrogen) atoms. The van der Waals surface area contributed by atoms with E-state index in [1.54, 1.807) is 47.4 Å². The molecule has 4 fully saturated rings. The van der Waals surface area contributed by atoms with E-state index in [1.165, 1.54) is 0 Å². The molecule has 0 radical (unpaired) electrons. The molecule has 0 spiro atoms. The van der Waals surface area contributed by atoms with Crippen LogP contribution in [0.15, 0.2) is 279 Å². The number of benzene rings is 13. The minimum absolute atomic E-state index is 0.000634. The highest BCUT2D eigenvalue weighted by Crippen LogP contribution is 2.44. The molecule has 4 unspecified atom stereocenters. The number of urea groups is 4. The van der Waals surface area contributed by atoms with Gasteiger partial charge in [0, 0.05) is 154 Å². The number of ether oxygens (including phenoxy) is 2. The minimum Gasteiger partial charge on any atom is -0.454 e. The molecule has 4 atom stereocenters. The Bertz CT molecular complexity index is 6240. The summed E-state index contributed by atoms with van der Waals surface area (Å²) in [6.45, 7) is 7.58. The summed E-state index contributed by atoms with van der Waals surface area (Å²) in [5.41, 5.74) is 11.8. The van der Waals surface area contributed by atoms with E-state index < -0.39 is 0 Å². The third-order valence-electron chi connectivity index (χ3n) is 23.3. The Balaban J connectivity index is 0.000000135. The van der Waals surface area contributed by atoms with E-state index in [0.717, 1.165) is 78.2 Å². The molecule has 680 valence electrons. The highest BCUT2D eigenvalue weighted by Gasteiger charge is 2.38. The van der Waals surface area contributed by atoms with Crippen LogP contribution >= 0.6 is 151 Å². The van der Waals surface area contributed by atoms with E-state index >= 15 is 0 Å². The first kappa shape index (κ1) is 96.3. The smallest absolute Gasteiger partial charge is 0.322 e. The number of aliphatic hydroxyl groups excluding tert-OH is 1. The number of amides is 8. The second kappa shape index (κ2) is 45.2. The zero-order valence-corrected chi connectivity index (χ0v) is 80.4. The third kappa shape index (κ3) is 24.5. The van der Waals surface area contributed by atoms with Crippen molar-refractivity contribution in [3.05, 3.63) is 383 Å². The molecule has 5 aliphatic heterocycles. The fourth-order valence-corrected chi connectivity index (χ4v) is 19.2. The van der Waals surface area contributed by atoms with Gasteiger partial charge in [-0.25, -0.2) is 19.2 Å². The molecule has 5 heterocycles. The summed E-state index contributed by atoms with van der Waals surface area (Å²) >= 11 is 81.3. The largest absolute Gasteiger partial charge is 0.454 e. The molecule has 0 aromatic heterocycles. The maximum absolute atomic E-state index is 13.3. The van der Waals surface area contributed by atoms with Crippen molar-refractivity contribution in [3.8, 4) is 11.5 Å². The number of piperazine rings is 4. The van der Waals surface area contributed by atoms with Crippen LogP contribution in [0.3, 0.4) is 0 Å². The maximum atomic E-state index is 13.3. The molecule has 13 aromatic rings. The molecule has 0 bridgehead atoms. The van der Waals surface area contributed by atoms with Gasteiger partial charge in [-0.2, -0.15) is 0 Å². The summed E-state index contributed by atoms with van der Waals surface area (Å²) < 4.78 is 10.7. The summed E-state index contributed by atoms with van der Waals surface area (Å²) in [6, 6.07) is 86.0. The lowest BCUT2D eigenvalue weighted by Gasteiger charge is -2.43. The molecule has 5 aliphatic rings. The Labute approximate surface area is 830 Å². The lowest BCUT2D eigenvalue weighted by molar-refractivity contribution is 0.174. The second-order valence-electron chi connectivity index (χ2n) is 31.5. The molecule has 4 saturated heterocycles. The summed E-state index contributed by atoms with van der Waals surface area (Å²) in [5, 5.41) is 31.3. The predicted molar refractivity (Wildman–Crippen MR) is 541 cm³/mol. The van der Waals surface area contributed by atoms with Gasteiger partial charge in [0.15, 0.2) is 11.5 Å². The van der Waals surface area contributed by atoms with Crippen molar-refractivity contribution in [2.24, 2.45) is 0 Å². The lowest BCUT2D eigenvalue weighted by Crippen LogP contribution is -2.53. The molecular formula is C100H87Cl13N12O7. The van der Waals surface area contributed by atoms with E-state index in [9.17, 15) is 24.3 Å². The Kier molecular flexibility index (Phi) is 33.0. The molecule has 13 aromatic carbocycles. The van der Waals surface area contributed by atoms with Gasteiger partial charge in [-0.3, -0.25) is 0 Å². The number of rotatable bonds is 15. The standard InChI is InChI=1S/C27H22Cl3N3O.C25H24Cl3N3O2.C24H21Cl4N3O.C24H20Cl3N3O3/c28-20-10-8-19(9-11-20)26-17-32(14-15-33(26)25-13-12-21(29)16-23(25)30)27(34)31-24-7-3-5-18-4-1-2-6-22(18)24;26-20-7-5-19(6-8-20)24-15-30(11-12-31(24)23-10-9-21(27)13-22(23)28)25(33)29-14-17-1-3-18(16-32)4-2-17;25-18-7-5-16(6-8-18)23-15-30(24(32)29-14-17-3-1-2-4-20(17)27)11-12-31(23)22-10-9-19(26)13-21(22)28;25-16-3-1-15(2-4-16)21-13-29(9-10-30(21)20-7-5-17(26)11-19(20)27)24(31)28-18-6-8-22-23(12-18)33-14-32-22/h1-13,16,26H,14-15,17H2,(H,31,34);1-10,13,24,32H,11-12,14-16H2,(H,29,33);1-10,13,23H,11-12,14-15H2,(H,29,32);1-8,11-12,21H,9-10,13-14H2,(H,28,31). The third-order valence-corrected chi connectivity index (χ3v) is 26.8. The van der Waals surface area contributed by atoms with Gasteiger partial charge in [0.25, 0.3) is 0 Å². The van der Waals surface area contributed by atoms with E-state index in [-0.39, 0.29) is 61.7 Å².